The molecule has 0 nitrogen and oxygen atoms in total. The van der Waals surface area contributed by atoms with Crippen molar-refractivity contribution in [1.82, 2.24) is 0 Å². The quantitative estimate of drug-likeness (QED) is 0.682. The van der Waals surface area contributed by atoms with Crippen molar-refractivity contribution < 1.29 is 0 Å². The fourth-order valence-corrected chi connectivity index (χ4v) is 6.49. The molecule has 0 aromatic heterocycles. The molecule has 0 unspecified atom stereocenters. The van der Waals surface area contributed by atoms with Crippen LogP contribution >= 0.6 is 11.6 Å². The molecular formula is C14H17ClSn. The molecular weight excluding hydrogens is 322 g/mol. The van der Waals surface area contributed by atoms with Crippen LogP contribution in [0, 0.1) is 0 Å². The minimum absolute atomic E-state index is 0.892. The van der Waals surface area contributed by atoms with Gasteiger partial charge in [-0.2, -0.15) is 0 Å². The monoisotopic (exact) mass is 340 g/mol. The van der Waals surface area contributed by atoms with Crippen molar-refractivity contribution in [3.8, 4) is 0 Å². The summed E-state index contributed by atoms with van der Waals surface area (Å²) in [5, 5.41) is 3.42. The standard InChI is InChI=1S/C11H8Cl.3CH3.Sn/c1-8-4-2-5-9-6-3-7-10(12)11(8)9;;;;/h2-7H,1H2;3*1H3;. The summed E-state index contributed by atoms with van der Waals surface area (Å²) in [5.41, 5.74) is 1.44. The predicted octanol–water partition coefficient (Wildman–Crippen LogP) is 4.91. The van der Waals surface area contributed by atoms with E-state index in [-0.39, 0.29) is 0 Å². The summed E-state index contributed by atoms with van der Waals surface area (Å²) in [6.45, 7) is 0. The Morgan fingerprint density at radius 3 is 2.25 bits per heavy atom. The molecule has 0 saturated heterocycles. The van der Waals surface area contributed by atoms with E-state index in [0.717, 1.165) is 5.02 Å². The van der Waals surface area contributed by atoms with E-state index in [9.17, 15) is 0 Å². The number of rotatable bonds is 2. The zero-order valence-corrected chi connectivity index (χ0v) is 13.7. The van der Waals surface area contributed by atoms with E-state index in [4.69, 9.17) is 11.6 Å². The fraction of sp³-hybridized carbons (Fsp3) is 0.286. The zero-order chi connectivity index (χ0) is 11.8. The summed E-state index contributed by atoms with van der Waals surface area (Å²) in [4.78, 5) is 7.39. The van der Waals surface area contributed by atoms with Gasteiger partial charge in [0.15, 0.2) is 0 Å². The van der Waals surface area contributed by atoms with Gasteiger partial charge >= 0.3 is 107 Å². The molecule has 0 aliphatic heterocycles. The van der Waals surface area contributed by atoms with Gasteiger partial charge < -0.3 is 0 Å². The molecule has 2 aromatic carbocycles. The third-order valence-corrected chi connectivity index (χ3v) is 7.09. The molecule has 0 fully saturated rings. The predicted molar refractivity (Wildman–Crippen MR) is 76.0 cm³/mol. The molecule has 2 aromatic rings. The van der Waals surface area contributed by atoms with Gasteiger partial charge in [-0.3, -0.25) is 0 Å². The molecule has 0 aliphatic carbocycles. The van der Waals surface area contributed by atoms with Crippen LogP contribution in [0.4, 0.5) is 0 Å². The van der Waals surface area contributed by atoms with Crippen molar-refractivity contribution in [1.29, 1.82) is 0 Å². The Kier molecular flexibility index (Phi) is 3.50. The molecule has 2 heteroatoms. The van der Waals surface area contributed by atoms with Gasteiger partial charge in [0.2, 0.25) is 0 Å². The molecule has 84 valence electrons. The summed E-state index contributed by atoms with van der Waals surface area (Å²) < 4.78 is 1.26. The van der Waals surface area contributed by atoms with Crippen LogP contribution in [0.3, 0.4) is 0 Å². The average Bonchev–Trinajstić information content (AvgIpc) is 2.15. The van der Waals surface area contributed by atoms with Crippen LogP contribution in [-0.4, -0.2) is 18.4 Å². The second-order valence-corrected chi connectivity index (χ2v) is 21.5. The van der Waals surface area contributed by atoms with Crippen molar-refractivity contribution >= 4 is 40.8 Å². The molecule has 0 amide bonds. The van der Waals surface area contributed by atoms with Crippen LogP contribution in [0.25, 0.3) is 10.8 Å². The van der Waals surface area contributed by atoms with Gasteiger partial charge in [-0.1, -0.05) is 0 Å². The summed E-state index contributed by atoms with van der Waals surface area (Å²) in [6.07, 6.45) is 0. The zero-order valence-electron chi connectivity index (χ0n) is 10.0. The number of hydrogen-bond acceptors (Lipinski definition) is 0. The number of hydrogen-bond donors (Lipinski definition) is 0. The van der Waals surface area contributed by atoms with E-state index in [0.29, 0.717) is 0 Å². The van der Waals surface area contributed by atoms with Crippen LogP contribution in [0.1, 0.15) is 5.56 Å². The molecule has 0 aliphatic rings. The second-order valence-electron chi connectivity index (χ2n) is 5.49. The topological polar surface area (TPSA) is 0 Å². The van der Waals surface area contributed by atoms with Gasteiger partial charge in [0.1, 0.15) is 0 Å². The van der Waals surface area contributed by atoms with E-state index in [1.165, 1.54) is 20.8 Å². The van der Waals surface area contributed by atoms with Crippen molar-refractivity contribution in [2.75, 3.05) is 0 Å². The fourth-order valence-electron chi connectivity index (χ4n) is 2.09. The second kappa shape index (κ2) is 4.58. The van der Waals surface area contributed by atoms with Crippen LogP contribution in [0.15, 0.2) is 36.4 Å². The molecule has 16 heavy (non-hydrogen) atoms. The van der Waals surface area contributed by atoms with E-state index < -0.39 is 18.4 Å². The van der Waals surface area contributed by atoms with E-state index >= 15 is 0 Å². The Balaban J connectivity index is 2.61. The SMILES string of the molecule is [CH3][Sn]([CH3])([CH3])[CH2]c1cccc2cccc(Cl)c12. The minimum atomic E-state index is -1.80. The Morgan fingerprint density at radius 2 is 1.62 bits per heavy atom. The molecule has 0 saturated carbocycles. The first-order chi connectivity index (χ1) is 7.47. The third-order valence-electron chi connectivity index (χ3n) is 2.66. The first-order valence-electron chi connectivity index (χ1n) is 5.63. The average molecular weight is 339 g/mol. The van der Waals surface area contributed by atoms with Crippen molar-refractivity contribution in [3.05, 3.63) is 47.0 Å². The van der Waals surface area contributed by atoms with E-state index in [2.05, 4.69) is 39.1 Å². The Labute approximate surface area is 106 Å². The van der Waals surface area contributed by atoms with Crippen molar-refractivity contribution in [2.24, 2.45) is 0 Å². The van der Waals surface area contributed by atoms with Crippen molar-refractivity contribution in [3.63, 3.8) is 0 Å². The van der Waals surface area contributed by atoms with E-state index in [1.54, 1.807) is 0 Å². The normalized spacial score (nSPS) is 12.0. The van der Waals surface area contributed by atoms with Crippen LogP contribution < -0.4 is 0 Å². The molecule has 0 N–H and O–H groups in total. The number of benzene rings is 2. The molecule has 0 heterocycles. The van der Waals surface area contributed by atoms with Gasteiger partial charge in [-0.25, -0.2) is 0 Å². The molecule has 0 radical (unpaired) electrons. The molecule has 2 rings (SSSR count). The van der Waals surface area contributed by atoms with Gasteiger partial charge in [-0.15, -0.1) is 0 Å². The van der Waals surface area contributed by atoms with Crippen LogP contribution in [-0.2, 0) is 4.44 Å². The van der Waals surface area contributed by atoms with Gasteiger partial charge in [-0.05, 0) is 0 Å². The van der Waals surface area contributed by atoms with Gasteiger partial charge in [0, 0.05) is 0 Å². The Hall–Kier alpha value is -0.211. The summed E-state index contributed by atoms with van der Waals surface area (Å²) in [6, 6.07) is 12.7. The Bertz CT molecular complexity index is 506. The Morgan fingerprint density at radius 1 is 1.00 bits per heavy atom. The van der Waals surface area contributed by atoms with Gasteiger partial charge in [0.25, 0.3) is 0 Å². The van der Waals surface area contributed by atoms with Gasteiger partial charge in [0.05, 0.1) is 0 Å². The first kappa shape index (κ1) is 12.3. The third kappa shape index (κ3) is 2.72. The summed E-state index contributed by atoms with van der Waals surface area (Å²) in [7, 11) is 0. The molecule has 0 atom stereocenters. The maximum atomic E-state index is 6.31. The van der Waals surface area contributed by atoms with E-state index in [1.807, 2.05) is 12.1 Å². The molecule has 0 spiro atoms. The number of fused-ring (bicyclic) bond motifs is 1. The van der Waals surface area contributed by atoms with Crippen molar-refractivity contribution in [2.45, 2.75) is 19.3 Å². The first-order valence-corrected chi connectivity index (χ1v) is 16.6. The van der Waals surface area contributed by atoms with Crippen LogP contribution in [0.5, 0.6) is 0 Å². The maximum absolute atomic E-state index is 6.31. The van der Waals surface area contributed by atoms with Crippen LogP contribution in [0.2, 0.25) is 19.8 Å². The summed E-state index contributed by atoms with van der Waals surface area (Å²) in [5.74, 6) is 0. The summed E-state index contributed by atoms with van der Waals surface area (Å²) >= 11 is 4.51. The molecule has 0 bridgehead atoms. The number of halogens is 1.